The maximum Gasteiger partial charge on any atom is 0.251 e. The monoisotopic (exact) mass is 285 g/mol. The van der Waals surface area contributed by atoms with Crippen molar-refractivity contribution >= 4 is 5.91 Å². The maximum absolute atomic E-state index is 13.3. The second-order valence-electron chi connectivity index (χ2n) is 5.19. The van der Waals surface area contributed by atoms with E-state index < -0.39 is 0 Å². The number of benzene rings is 2. The predicted octanol–water partition coefficient (Wildman–Crippen LogP) is 4.06. The fourth-order valence-corrected chi connectivity index (χ4v) is 2.37. The Morgan fingerprint density at radius 2 is 1.90 bits per heavy atom. The first kappa shape index (κ1) is 15.2. The van der Waals surface area contributed by atoms with Crippen molar-refractivity contribution in [2.75, 3.05) is 6.54 Å². The molecule has 0 fully saturated rings. The van der Waals surface area contributed by atoms with Crippen LogP contribution >= 0.6 is 0 Å². The molecule has 0 heterocycles. The lowest BCUT2D eigenvalue weighted by atomic mass is 9.96. The van der Waals surface area contributed by atoms with Crippen molar-refractivity contribution in [3.8, 4) is 0 Å². The molecular formula is C18H20FNO. The van der Waals surface area contributed by atoms with Crippen LogP contribution in [0.2, 0.25) is 0 Å². The summed E-state index contributed by atoms with van der Waals surface area (Å²) >= 11 is 0. The minimum Gasteiger partial charge on any atom is -0.351 e. The van der Waals surface area contributed by atoms with Crippen LogP contribution in [0.1, 0.15) is 40.7 Å². The van der Waals surface area contributed by atoms with E-state index >= 15 is 0 Å². The average Bonchev–Trinajstić information content (AvgIpc) is 2.51. The molecule has 0 aliphatic rings. The number of carbonyl (C=O) groups is 1. The summed E-state index contributed by atoms with van der Waals surface area (Å²) in [4.78, 5) is 12.2. The first-order valence-corrected chi connectivity index (χ1v) is 7.21. The van der Waals surface area contributed by atoms with Crippen LogP contribution in [0.5, 0.6) is 0 Å². The molecule has 0 aliphatic carbocycles. The second kappa shape index (κ2) is 7.02. The standard InChI is InChI=1S/C18H20FNO/c1-3-14(15-7-5-4-6-8-15)12-20-18(21)17-11-16(19)10-9-13(17)2/h4-11,14H,3,12H2,1-2H3,(H,20,21). The highest BCUT2D eigenvalue weighted by Gasteiger charge is 2.13. The highest BCUT2D eigenvalue weighted by Crippen LogP contribution is 2.18. The second-order valence-corrected chi connectivity index (χ2v) is 5.19. The van der Waals surface area contributed by atoms with Gasteiger partial charge in [0.25, 0.3) is 5.91 Å². The van der Waals surface area contributed by atoms with Gasteiger partial charge in [0.15, 0.2) is 0 Å². The van der Waals surface area contributed by atoms with Crippen molar-refractivity contribution in [2.45, 2.75) is 26.2 Å². The van der Waals surface area contributed by atoms with Gasteiger partial charge in [0.1, 0.15) is 5.82 Å². The van der Waals surface area contributed by atoms with Gasteiger partial charge in [0.05, 0.1) is 0 Å². The van der Waals surface area contributed by atoms with Crippen LogP contribution in [0.25, 0.3) is 0 Å². The lowest BCUT2D eigenvalue weighted by Crippen LogP contribution is -2.28. The van der Waals surface area contributed by atoms with Gasteiger partial charge in [-0.3, -0.25) is 4.79 Å². The highest BCUT2D eigenvalue weighted by molar-refractivity contribution is 5.95. The molecule has 21 heavy (non-hydrogen) atoms. The van der Waals surface area contributed by atoms with Crippen LogP contribution in [-0.2, 0) is 0 Å². The summed E-state index contributed by atoms with van der Waals surface area (Å²) in [7, 11) is 0. The number of rotatable bonds is 5. The molecule has 0 bridgehead atoms. The van der Waals surface area contributed by atoms with E-state index in [1.54, 1.807) is 6.07 Å². The van der Waals surface area contributed by atoms with Gasteiger partial charge < -0.3 is 5.32 Å². The zero-order valence-electron chi connectivity index (χ0n) is 12.4. The van der Waals surface area contributed by atoms with Gasteiger partial charge in [-0.1, -0.05) is 43.3 Å². The predicted molar refractivity (Wildman–Crippen MR) is 82.9 cm³/mol. The van der Waals surface area contributed by atoms with E-state index in [-0.39, 0.29) is 17.6 Å². The van der Waals surface area contributed by atoms with Crippen molar-refractivity contribution in [3.05, 3.63) is 71.0 Å². The minimum atomic E-state index is -0.388. The van der Waals surface area contributed by atoms with Gasteiger partial charge >= 0.3 is 0 Å². The largest absolute Gasteiger partial charge is 0.351 e. The fourth-order valence-electron chi connectivity index (χ4n) is 2.37. The molecule has 0 saturated carbocycles. The zero-order chi connectivity index (χ0) is 15.2. The number of aryl methyl sites for hydroxylation is 1. The summed E-state index contributed by atoms with van der Waals surface area (Å²) in [6.07, 6.45) is 0.937. The number of hydrogen-bond acceptors (Lipinski definition) is 1. The van der Waals surface area contributed by atoms with Crippen LogP contribution in [0.4, 0.5) is 4.39 Å². The van der Waals surface area contributed by atoms with E-state index in [0.29, 0.717) is 12.1 Å². The zero-order valence-corrected chi connectivity index (χ0v) is 12.4. The SMILES string of the molecule is CCC(CNC(=O)c1cc(F)ccc1C)c1ccccc1. The van der Waals surface area contributed by atoms with Crippen molar-refractivity contribution < 1.29 is 9.18 Å². The first-order valence-electron chi connectivity index (χ1n) is 7.21. The van der Waals surface area contributed by atoms with Gasteiger partial charge in [-0.25, -0.2) is 4.39 Å². The Morgan fingerprint density at radius 1 is 1.19 bits per heavy atom. The van der Waals surface area contributed by atoms with Crippen LogP contribution in [-0.4, -0.2) is 12.5 Å². The first-order chi connectivity index (χ1) is 10.1. The molecule has 1 atom stereocenters. The number of halogens is 1. The molecule has 110 valence electrons. The Kier molecular flexibility index (Phi) is 5.09. The van der Waals surface area contributed by atoms with Crippen molar-refractivity contribution in [2.24, 2.45) is 0 Å². The summed E-state index contributed by atoms with van der Waals surface area (Å²) in [5.74, 6) is -0.341. The molecular weight excluding hydrogens is 265 g/mol. The number of nitrogens with one attached hydrogen (secondary N) is 1. The van der Waals surface area contributed by atoms with E-state index in [9.17, 15) is 9.18 Å². The lowest BCUT2D eigenvalue weighted by molar-refractivity contribution is 0.0950. The summed E-state index contributed by atoms with van der Waals surface area (Å²) in [6, 6.07) is 14.4. The van der Waals surface area contributed by atoms with Crippen LogP contribution in [0.3, 0.4) is 0 Å². The average molecular weight is 285 g/mol. The van der Waals surface area contributed by atoms with Gasteiger partial charge in [-0.2, -0.15) is 0 Å². The Hall–Kier alpha value is -2.16. The van der Waals surface area contributed by atoms with Crippen LogP contribution < -0.4 is 5.32 Å². The topological polar surface area (TPSA) is 29.1 Å². The van der Waals surface area contributed by atoms with Crippen molar-refractivity contribution in [1.29, 1.82) is 0 Å². The molecule has 0 saturated heterocycles. The molecule has 2 aromatic rings. The molecule has 3 heteroatoms. The minimum absolute atomic E-state index is 0.221. The van der Waals surface area contributed by atoms with Crippen molar-refractivity contribution in [1.82, 2.24) is 5.32 Å². The van der Waals surface area contributed by atoms with Gasteiger partial charge in [0, 0.05) is 18.0 Å². The van der Waals surface area contributed by atoms with Gasteiger partial charge in [-0.05, 0) is 36.6 Å². The number of hydrogen-bond donors (Lipinski definition) is 1. The summed E-state index contributed by atoms with van der Waals surface area (Å²) in [6.45, 7) is 4.45. The molecule has 0 spiro atoms. The lowest BCUT2D eigenvalue weighted by Gasteiger charge is -2.16. The van der Waals surface area contributed by atoms with E-state index in [4.69, 9.17) is 0 Å². The van der Waals surface area contributed by atoms with Gasteiger partial charge in [-0.15, -0.1) is 0 Å². The summed E-state index contributed by atoms with van der Waals surface area (Å²) < 4.78 is 13.3. The molecule has 0 aliphatic heterocycles. The molecule has 2 rings (SSSR count). The highest BCUT2D eigenvalue weighted by atomic mass is 19.1. The number of amides is 1. The normalized spacial score (nSPS) is 12.0. The van der Waals surface area contributed by atoms with Crippen LogP contribution in [0, 0.1) is 12.7 Å². The molecule has 1 unspecified atom stereocenters. The van der Waals surface area contributed by atoms with E-state index in [0.717, 1.165) is 12.0 Å². The third kappa shape index (κ3) is 3.91. The third-order valence-electron chi connectivity index (χ3n) is 3.72. The molecule has 0 radical (unpaired) electrons. The Morgan fingerprint density at radius 3 is 2.57 bits per heavy atom. The smallest absolute Gasteiger partial charge is 0.251 e. The fraction of sp³-hybridized carbons (Fsp3) is 0.278. The quantitative estimate of drug-likeness (QED) is 0.882. The molecule has 0 aromatic heterocycles. The van der Waals surface area contributed by atoms with Gasteiger partial charge in [0.2, 0.25) is 0 Å². The molecule has 1 N–H and O–H groups in total. The van der Waals surface area contributed by atoms with Crippen LogP contribution in [0.15, 0.2) is 48.5 Å². The summed E-state index contributed by atoms with van der Waals surface area (Å²) in [5.41, 5.74) is 2.39. The number of carbonyl (C=O) groups excluding carboxylic acids is 1. The Bertz CT molecular complexity index is 610. The van der Waals surface area contributed by atoms with E-state index in [2.05, 4.69) is 24.4 Å². The molecule has 2 nitrogen and oxygen atoms in total. The Balaban J connectivity index is 2.04. The van der Waals surface area contributed by atoms with E-state index in [1.807, 2.05) is 25.1 Å². The van der Waals surface area contributed by atoms with E-state index in [1.165, 1.54) is 17.7 Å². The molecule has 1 amide bonds. The van der Waals surface area contributed by atoms with Crippen molar-refractivity contribution in [3.63, 3.8) is 0 Å². The molecule has 2 aromatic carbocycles. The maximum atomic E-state index is 13.3. The Labute approximate surface area is 125 Å². The summed E-state index contributed by atoms with van der Waals surface area (Å²) in [5, 5.41) is 2.91. The third-order valence-corrected chi connectivity index (χ3v) is 3.72.